The molecule has 0 radical (unpaired) electrons. The van der Waals surface area contributed by atoms with Crippen molar-refractivity contribution in [1.82, 2.24) is 0 Å². The van der Waals surface area contributed by atoms with Crippen LogP contribution in [0.2, 0.25) is 0 Å². The molecular weight excluding hydrogens is 316 g/mol. The van der Waals surface area contributed by atoms with Crippen LogP contribution in [0.1, 0.15) is 44.9 Å². The topological polar surface area (TPSA) is 97.9 Å². The van der Waals surface area contributed by atoms with Gasteiger partial charge < -0.3 is 24.1 Å². The lowest BCUT2D eigenvalue weighted by molar-refractivity contribution is -0.226. The van der Waals surface area contributed by atoms with Crippen molar-refractivity contribution in [2.75, 3.05) is 20.3 Å². The molecule has 3 atom stereocenters. The first-order chi connectivity index (χ1) is 11.5. The molecule has 134 valence electrons. The number of hydrogen-bond acceptors (Lipinski definition) is 6. The average molecular weight is 340 g/mol. The molecule has 0 aromatic carbocycles. The fraction of sp³-hybridized carbons (Fsp3) is 0.765. The fourth-order valence-corrected chi connectivity index (χ4v) is 3.17. The second-order valence-corrected chi connectivity index (χ2v) is 6.63. The Kier molecular flexibility index (Phi) is 5.22. The monoisotopic (exact) mass is 340 g/mol. The highest BCUT2D eigenvalue weighted by Crippen LogP contribution is 2.35. The summed E-state index contributed by atoms with van der Waals surface area (Å²) in [6, 6.07) is 0. The van der Waals surface area contributed by atoms with Crippen molar-refractivity contribution in [3.05, 3.63) is 11.1 Å². The predicted octanol–water partition coefficient (Wildman–Crippen LogP) is 1.80. The van der Waals surface area contributed by atoms with Crippen LogP contribution in [0.15, 0.2) is 11.1 Å². The molecule has 0 spiro atoms. The molecule has 0 bridgehead atoms. The average Bonchev–Trinajstić information content (AvgIpc) is 3.47. The van der Waals surface area contributed by atoms with Crippen molar-refractivity contribution in [2.45, 2.75) is 62.9 Å². The zero-order chi connectivity index (χ0) is 17.2. The molecule has 0 aromatic heterocycles. The Labute approximate surface area is 140 Å². The summed E-state index contributed by atoms with van der Waals surface area (Å²) in [5, 5.41) is 9.32. The van der Waals surface area contributed by atoms with E-state index in [1.165, 1.54) is 7.11 Å². The predicted molar refractivity (Wildman–Crippen MR) is 82.3 cm³/mol. The van der Waals surface area contributed by atoms with Crippen molar-refractivity contribution < 1.29 is 33.6 Å². The Morgan fingerprint density at radius 2 is 1.79 bits per heavy atom. The number of methoxy groups -OCH3 is 1. The molecule has 3 rings (SSSR count). The number of ether oxygens (including phenoxy) is 4. The van der Waals surface area contributed by atoms with E-state index < -0.39 is 17.7 Å². The van der Waals surface area contributed by atoms with Crippen LogP contribution in [-0.4, -0.2) is 55.4 Å². The smallest absolute Gasteiger partial charge is 0.337 e. The lowest BCUT2D eigenvalue weighted by Gasteiger charge is -2.32. The normalized spacial score (nSPS) is 28.2. The highest BCUT2D eigenvalue weighted by molar-refractivity contribution is 6.00. The SMILES string of the molecule is COC(CCC1CO1)(CC1CO1)OC(=O)C1=C(C(=O)O)CCCC1. The van der Waals surface area contributed by atoms with Gasteiger partial charge in [0.15, 0.2) is 0 Å². The van der Waals surface area contributed by atoms with Crippen LogP contribution in [-0.2, 0) is 28.5 Å². The van der Waals surface area contributed by atoms with E-state index >= 15 is 0 Å². The molecule has 3 aliphatic rings. The van der Waals surface area contributed by atoms with Crippen molar-refractivity contribution in [3.8, 4) is 0 Å². The fourth-order valence-electron chi connectivity index (χ4n) is 3.17. The number of carbonyl (C=O) groups is 2. The van der Waals surface area contributed by atoms with E-state index in [-0.39, 0.29) is 23.4 Å². The number of hydrogen-bond donors (Lipinski definition) is 1. The lowest BCUT2D eigenvalue weighted by Crippen LogP contribution is -2.40. The zero-order valence-corrected chi connectivity index (χ0v) is 13.9. The standard InChI is InChI=1S/C17H24O7/c1-21-17(8-12-10-23-12,7-6-11-9-22-11)24-16(20)14-5-3-2-4-13(14)15(18)19/h11-12H,2-10H2,1H3,(H,18,19). The number of epoxide rings is 2. The molecule has 1 N–H and O–H groups in total. The Hall–Kier alpha value is -1.44. The summed E-state index contributed by atoms with van der Waals surface area (Å²) in [7, 11) is 1.51. The van der Waals surface area contributed by atoms with E-state index in [1.807, 2.05) is 0 Å². The molecule has 2 saturated heterocycles. The maximum Gasteiger partial charge on any atom is 0.337 e. The van der Waals surface area contributed by atoms with Gasteiger partial charge in [0.05, 0.1) is 25.4 Å². The molecule has 7 heteroatoms. The minimum Gasteiger partial charge on any atom is -0.478 e. The molecular formula is C17H24O7. The number of rotatable bonds is 9. The minimum atomic E-state index is -1.09. The molecule has 0 amide bonds. The van der Waals surface area contributed by atoms with Gasteiger partial charge in [-0.3, -0.25) is 0 Å². The molecule has 0 aromatic rings. The van der Waals surface area contributed by atoms with Crippen molar-refractivity contribution in [1.29, 1.82) is 0 Å². The van der Waals surface area contributed by atoms with Gasteiger partial charge in [0.2, 0.25) is 5.79 Å². The van der Waals surface area contributed by atoms with E-state index in [9.17, 15) is 14.7 Å². The zero-order valence-electron chi connectivity index (χ0n) is 13.9. The number of carboxylic acid groups (broad SMARTS) is 1. The Bertz CT molecular complexity index is 533. The van der Waals surface area contributed by atoms with Crippen molar-refractivity contribution in [3.63, 3.8) is 0 Å². The van der Waals surface area contributed by atoms with Gasteiger partial charge >= 0.3 is 11.9 Å². The van der Waals surface area contributed by atoms with Gasteiger partial charge in [0, 0.05) is 31.1 Å². The molecule has 3 unspecified atom stereocenters. The van der Waals surface area contributed by atoms with Gasteiger partial charge in [-0.2, -0.15) is 0 Å². The van der Waals surface area contributed by atoms with E-state index in [2.05, 4.69) is 0 Å². The second-order valence-electron chi connectivity index (χ2n) is 6.63. The largest absolute Gasteiger partial charge is 0.478 e. The van der Waals surface area contributed by atoms with Gasteiger partial charge in [-0.05, 0) is 32.1 Å². The summed E-state index contributed by atoms with van der Waals surface area (Å²) < 4.78 is 21.8. The van der Waals surface area contributed by atoms with Crippen LogP contribution in [0.3, 0.4) is 0 Å². The number of carbonyl (C=O) groups excluding carboxylic acids is 1. The Morgan fingerprint density at radius 3 is 2.33 bits per heavy atom. The van der Waals surface area contributed by atoms with Crippen molar-refractivity contribution >= 4 is 11.9 Å². The summed E-state index contributed by atoms with van der Waals surface area (Å²) in [6.45, 7) is 1.35. The summed E-state index contributed by atoms with van der Waals surface area (Å²) in [4.78, 5) is 24.0. The first kappa shape index (κ1) is 17.4. The lowest BCUT2D eigenvalue weighted by atomic mass is 9.91. The molecule has 2 fully saturated rings. The number of aliphatic carboxylic acids is 1. The van der Waals surface area contributed by atoms with Crippen LogP contribution < -0.4 is 0 Å². The van der Waals surface area contributed by atoms with Crippen molar-refractivity contribution in [2.24, 2.45) is 0 Å². The van der Waals surface area contributed by atoms with Crippen LogP contribution >= 0.6 is 0 Å². The molecule has 2 aliphatic heterocycles. The summed E-state index contributed by atoms with van der Waals surface area (Å²) >= 11 is 0. The molecule has 0 saturated carbocycles. The second kappa shape index (κ2) is 7.21. The molecule has 24 heavy (non-hydrogen) atoms. The maximum absolute atomic E-state index is 12.7. The summed E-state index contributed by atoms with van der Waals surface area (Å²) in [6.07, 6.45) is 4.34. The molecule has 7 nitrogen and oxygen atoms in total. The molecule has 1 aliphatic carbocycles. The van der Waals surface area contributed by atoms with Crippen LogP contribution in [0, 0.1) is 0 Å². The third-order valence-corrected chi connectivity index (χ3v) is 4.81. The van der Waals surface area contributed by atoms with E-state index in [4.69, 9.17) is 18.9 Å². The molecule has 2 heterocycles. The van der Waals surface area contributed by atoms with Gasteiger partial charge in [-0.15, -0.1) is 0 Å². The minimum absolute atomic E-state index is 0.0251. The van der Waals surface area contributed by atoms with Gasteiger partial charge in [0.25, 0.3) is 0 Å². The highest BCUT2D eigenvalue weighted by Gasteiger charge is 2.43. The maximum atomic E-state index is 12.7. The number of esters is 1. The Balaban J connectivity index is 1.74. The summed E-state index contributed by atoms with van der Waals surface area (Å²) in [5.41, 5.74) is 0.444. The van der Waals surface area contributed by atoms with Crippen LogP contribution in [0.5, 0.6) is 0 Å². The van der Waals surface area contributed by atoms with E-state index in [1.54, 1.807) is 0 Å². The van der Waals surface area contributed by atoms with Crippen LogP contribution in [0.4, 0.5) is 0 Å². The van der Waals surface area contributed by atoms with Gasteiger partial charge in [0.1, 0.15) is 0 Å². The quantitative estimate of drug-likeness (QED) is 0.388. The summed E-state index contributed by atoms with van der Waals surface area (Å²) in [5.74, 6) is -2.70. The first-order valence-electron chi connectivity index (χ1n) is 8.50. The first-order valence-corrected chi connectivity index (χ1v) is 8.50. The van der Waals surface area contributed by atoms with Gasteiger partial charge in [-0.1, -0.05) is 0 Å². The highest BCUT2D eigenvalue weighted by atomic mass is 16.7. The van der Waals surface area contributed by atoms with E-state index in [0.29, 0.717) is 32.3 Å². The van der Waals surface area contributed by atoms with Crippen LogP contribution in [0.25, 0.3) is 0 Å². The van der Waals surface area contributed by atoms with E-state index in [0.717, 1.165) is 25.9 Å². The third kappa shape index (κ3) is 4.34. The van der Waals surface area contributed by atoms with Gasteiger partial charge in [-0.25, -0.2) is 9.59 Å². The third-order valence-electron chi connectivity index (χ3n) is 4.81. The number of carboxylic acids is 1. The Morgan fingerprint density at radius 1 is 1.17 bits per heavy atom.